The van der Waals surface area contributed by atoms with Gasteiger partial charge in [0.25, 0.3) is 0 Å². The molecule has 7 unspecified atom stereocenters. The predicted octanol–water partition coefficient (Wildman–Crippen LogP) is 14.4. The number of epoxide rings is 1. The number of phenolic OH excluding ortho intramolecular Hbond substituents is 2. The summed E-state index contributed by atoms with van der Waals surface area (Å²) in [7, 11) is 0. The molecule has 1 fully saturated rings. The van der Waals surface area contributed by atoms with Crippen LogP contribution in [0, 0.1) is 0 Å². The lowest BCUT2D eigenvalue weighted by Crippen LogP contribution is -2.20. The van der Waals surface area contributed by atoms with E-state index in [0.717, 1.165) is 123 Å². The van der Waals surface area contributed by atoms with Gasteiger partial charge in [-0.05, 0) is 191 Å². The molecule has 0 aliphatic carbocycles. The summed E-state index contributed by atoms with van der Waals surface area (Å²) in [5.74, 6) is 14.5. The molecule has 1 saturated heterocycles. The maximum Gasteiger partial charge on any atom is 0.160 e. The van der Waals surface area contributed by atoms with Gasteiger partial charge in [0.05, 0.1) is 62.4 Å². The predicted molar refractivity (Wildman–Crippen MR) is 510 cm³/mol. The van der Waals surface area contributed by atoms with E-state index in [-0.39, 0.29) is 82.0 Å². The molecule has 0 bridgehead atoms. The number of hydrogen-bond acceptors (Lipinski definition) is 26. The van der Waals surface area contributed by atoms with Gasteiger partial charge in [-0.3, -0.25) is 0 Å². The average molecular weight is 1850 g/mol. The standard InChI is InChI=1S/C23H32O6S2.C23H32O2S6.C19H22Cl2O4.C13H12O2.C3H5ClO.C2H6OS.CH4N2S.CH4/c24-9-11-30-16-20(26)14-28-22-5-1-18(2-6-22)13-19-3-7-23(8-4-19)29-15-21(27)17-31-12-10-25;26-9-11-30-22(16-28)14-24-20-5-1-18(2-6-20)13-19-3-7-21(8-4-19)25-15-23(17-29)31-12-10-27;20-10-16(22)12-24-18-5-1-14(2-6-18)9-15-3-7-19(8-4-15)25-13-17(23)11-21;14-12-5-1-10(2-6-12)9-11-3-7-13(15)8-4-11;4-1-3-2-5-3;3-1-2-4;2-1(3)4;/h1-8,20-21,24-27H,9-17H2;1-8,22-23,26-29H,9-17H2;1-8,16-17,22-23H,9-13H2;1-8,14-15H,9H2;3H,1-2H2;3-4H,1-2H2;(H4,2,3,4);1H4. The molecule has 116 heavy (non-hydrogen) atoms. The fourth-order valence-electron chi connectivity index (χ4n) is 9.20. The molecule has 1 heterocycles. The van der Waals surface area contributed by atoms with Crippen LogP contribution in [-0.4, -0.2) is 239 Å². The van der Waals surface area contributed by atoms with Crippen LogP contribution in [0.4, 0.5) is 0 Å². The van der Waals surface area contributed by atoms with Crippen LogP contribution in [0.1, 0.15) is 51.9 Å². The zero-order chi connectivity index (χ0) is 84.1. The highest BCUT2D eigenvalue weighted by atomic mass is 35.5. The van der Waals surface area contributed by atoms with E-state index in [0.29, 0.717) is 76.0 Å². The van der Waals surface area contributed by atoms with Gasteiger partial charge in [0.1, 0.15) is 97.8 Å². The minimum atomic E-state index is -0.660. The second-order valence-corrected chi connectivity index (χ2v) is 33.6. The number of phenols is 2. The van der Waals surface area contributed by atoms with Crippen molar-refractivity contribution in [3.05, 3.63) is 239 Å². The Labute approximate surface area is 752 Å². The molecule has 8 aromatic rings. The highest BCUT2D eigenvalue weighted by Gasteiger charge is 2.20. The van der Waals surface area contributed by atoms with Gasteiger partial charge in [0.15, 0.2) is 5.11 Å². The van der Waals surface area contributed by atoms with Crippen molar-refractivity contribution in [2.24, 2.45) is 11.5 Å². The monoisotopic (exact) mass is 1850 g/mol. The number of ether oxygens (including phenoxy) is 7. The van der Waals surface area contributed by atoms with E-state index in [9.17, 15) is 20.4 Å². The second-order valence-electron chi connectivity index (χ2n) is 25.0. The zero-order valence-electron chi connectivity index (χ0n) is 64.3. The van der Waals surface area contributed by atoms with Crippen LogP contribution in [0.25, 0.3) is 0 Å². The number of rotatable bonds is 46. The molecule has 644 valence electrons. The van der Waals surface area contributed by atoms with E-state index >= 15 is 0 Å². The number of thioether (sulfide) groups is 4. The summed E-state index contributed by atoms with van der Waals surface area (Å²) in [4.78, 5) is 0. The lowest BCUT2D eigenvalue weighted by Gasteiger charge is -2.15. The van der Waals surface area contributed by atoms with Crippen LogP contribution < -0.4 is 39.9 Å². The Bertz CT molecular complexity index is 3440. The molecule has 9 rings (SSSR count). The average Bonchev–Trinajstić information content (AvgIpc) is 0.900. The quantitative estimate of drug-likeness (QED) is 0.00554. The molecule has 0 saturated carbocycles. The fourth-order valence-corrected chi connectivity index (χ4v) is 13.8. The zero-order valence-corrected chi connectivity index (χ0v) is 75.1. The van der Waals surface area contributed by atoms with Crippen LogP contribution in [0.5, 0.6) is 46.0 Å². The Morgan fingerprint density at radius 1 is 0.388 bits per heavy atom. The van der Waals surface area contributed by atoms with Crippen molar-refractivity contribution in [1.82, 2.24) is 0 Å². The minimum absolute atomic E-state index is 0. The maximum absolute atomic E-state index is 9.86. The van der Waals surface area contributed by atoms with Crippen LogP contribution in [0.2, 0.25) is 0 Å². The Kier molecular flexibility index (Phi) is 64.1. The van der Waals surface area contributed by atoms with E-state index in [4.69, 9.17) is 93.5 Å². The number of aromatic hydroxyl groups is 2. The van der Waals surface area contributed by atoms with Gasteiger partial charge in [-0.1, -0.05) is 104 Å². The largest absolute Gasteiger partial charge is 0.508 e. The summed E-state index contributed by atoms with van der Waals surface area (Å²) >= 11 is 48.2. The Morgan fingerprint density at radius 2 is 0.612 bits per heavy atom. The molecule has 18 nitrogen and oxygen atoms in total. The van der Waals surface area contributed by atoms with Gasteiger partial charge >= 0.3 is 0 Å². The number of aliphatic hydroxyl groups is 7. The van der Waals surface area contributed by atoms with E-state index in [1.807, 2.05) is 169 Å². The first-order chi connectivity index (χ1) is 55.7. The van der Waals surface area contributed by atoms with Gasteiger partial charge < -0.3 is 90.6 Å². The molecule has 0 radical (unpaired) electrons. The third-order valence-corrected chi connectivity index (χ3v) is 23.4. The summed E-state index contributed by atoms with van der Waals surface area (Å²) in [5, 5.41) is 82.8. The highest BCUT2D eigenvalue weighted by Crippen LogP contribution is 2.25. The van der Waals surface area contributed by atoms with Crippen LogP contribution >= 0.6 is 157 Å². The number of hydrogen-bond donors (Lipinski definition) is 16. The second kappa shape index (κ2) is 69.1. The first kappa shape index (κ1) is 108. The van der Waals surface area contributed by atoms with Crippen molar-refractivity contribution in [2.45, 2.75) is 74.1 Å². The lowest BCUT2D eigenvalue weighted by molar-refractivity contribution is 0.125. The first-order valence-corrected chi connectivity index (χ1v) is 46.5. The molecule has 0 aromatic heterocycles. The van der Waals surface area contributed by atoms with Crippen molar-refractivity contribution in [1.29, 1.82) is 0 Å². The highest BCUT2D eigenvalue weighted by molar-refractivity contribution is 8.01. The van der Waals surface area contributed by atoms with Gasteiger partial charge in [0, 0.05) is 62.3 Å². The topological polar surface area (TPSA) is 302 Å². The number of alkyl halides is 3. The van der Waals surface area contributed by atoms with E-state index in [1.165, 1.54) is 34.7 Å². The van der Waals surface area contributed by atoms with Gasteiger partial charge in [-0.25, -0.2) is 0 Å². The fraction of sp³-hybridized carbons (Fsp3) is 0.424. The number of nitrogens with two attached hydrogens (primary N) is 2. The summed E-state index contributed by atoms with van der Waals surface area (Å²) in [6.07, 6.45) is 1.22. The molecule has 13 N–H and O–H groups in total. The molecule has 0 amide bonds. The molecule has 31 heteroatoms. The van der Waals surface area contributed by atoms with Gasteiger partial charge in [-0.15, -0.1) is 34.8 Å². The SMILES string of the molecule is C.ClCC1CO1.NC(N)=S.OC(CCl)COc1ccc(Cc2ccc(OCC(O)CCl)cc2)cc1.OCCS.OCCSCC(O)COc1ccc(Cc2ccc(OCC(O)CSCCO)cc2)cc1.Oc1ccc(Cc2ccc(O)cc2)cc1.SCCSC(CS)COc1ccc(Cc2ccc(OCC(CS)SCCS)cc2)cc1. The number of thiol groups is 5. The Hall–Kier alpha value is -4.45. The van der Waals surface area contributed by atoms with Crippen molar-refractivity contribution >= 4 is 162 Å². The molecule has 8 aromatic carbocycles. The number of thiocarbonyl (C=S) groups is 1. The molecule has 1 aliphatic heterocycles. The normalized spacial score (nSPS) is 13.1. The van der Waals surface area contributed by atoms with E-state index < -0.39 is 24.4 Å². The Morgan fingerprint density at radius 3 is 0.793 bits per heavy atom. The van der Waals surface area contributed by atoms with Crippen LogP contribution in [0.15, 0.2) is 194 Å². The summed E-state index contributed by atoms with van der Waals surface area (Å²) in [5.41, 5.74) is 18.6. The smallest absolute Gasteiger partial charge is 0.160 e. The number of halogens is 3. The van der Waals surface area contributed by atoms with E-state index in [1.54, 1.807) is 24.3 Å². The maximum atomic E-state index is 9.86. The molecule has 7 atom stereocenters. The van der Waals surface area contributed by atoms with Crippen molar-refractivity contribution in [2.75, 3.05) is 147 Å². The summed E-state index contributed by atoms with van der Waals surface area (Å²) in [6, 6.07) is 62.1. The number of aliphatic hydroxyl groups excluding tert-OH is 7. The van der Waals surface area contributed by atoms with Gasteiger partial charge in [-0.2, -0.15) is 110 Å². The van der Waals surface area contributed by atoms with Crippen LogP contribution in [-0.2, 0) is 30.4 Å². The summed E-state index contributed by atoms with van der Waals surface area (Å²) < 4.78 is 38.7. The molecular weight excluding hydrogens is 1730 g/mol. The summed E-state index contributed by atoms with van der Waals surface area (Å²) in [6.45, 7) is 3.46. The third-order valence-electron chi connectivity index (χ3n) is 15.1. The first-order valence-electron chi connectivity index (χ1n) is 36.9. The van der Waals surface area contributed by atoms with E-state index in [2.05, 4.69) is 111 Å². The van der Waals surface area contributed by atoms with Crippen molar-refractivity contribution in [3.63, 3.8) is 0 Å². The van der Waals surface area contributed by atoms with Gasteiger partial charge in [0.2, 0.25) is 0 Å². The van der Waals surface area contributed by atoms with Crippen molar-refractivity contribution < 1.29 is 79.1 Å². The molecule has 1 aliphatic rings. The third kappa shape index (κ3) is 54.7. The Balaban J connectivity index is 0.000000505. The molecular formula is C85H117Cl3N2O16S10. The minimum Gasteiger partial charge on any atom is -0.508 e. The lowest BCUT2D eigenvalue weighted by atomic mass is 10.0. The van der Waals surface area contributed by atoms with Crippen LogP contribution in [0.3, 0.4) is 0 Å². The van der Waals surface area contributed by atoms with Crippen molar-refractivity contribution in [3.8, 4) is 46.0 Å². The molecule has 0 spiro atoms. The number of benzene rings is 8.